The van der Waals surface area contributed by atoms with E-state index < -0.39 is 5.97 Å². The Morgan fingerprint density at radius 1 is 1.17 bits per heavy atom. The summed E-state index contributed by atoms with van der Waals surface area (Å²) in [5.41, 5.74) is 4.16. The minimum absolute atomic E-state index is 0. The lowest BCUT2D eigenvalue weighted by atomic mass is 10.1. The molecule has 2 aromatic carbocycles. The molecule has 0 aliphatic rings. The standard InChI is InChI=1S/C29H35N7O4.CH4/c1-7-19-14-25(35(6)13-12-34(4)5)26(36(38)39)15-24(19)32-29-31-17-22(28(37)40-18(2)3)27(33-29)21-16-30-23-11-9-8-10-20(21)23;/h8-11,14-18,30H,7,12-13H2,1-6H3,(H,31,32,33);1H4. The van der Waals surface area contributed by atoms with E-state index in [1.807, 2.05) is 68.2 Å². The Labute approximate surface area is 240 Å². The first kappa shape index (κ1) is 31.0. The Morgan fingerprint density at radius 2 is 1.90 bits per heavy atom. The predicted molar refractivity (Wildman–Crippen MR) is 164 cm³/mol. The van der Waals surface area contributed by atoms with Crippen LogP contribution < -0.4 is 10.2 Å². The molecule has 0 spiro atoms. The molecule has 4 rings (SSSR count). The average Bonchev–Trinajstić information content (AvgIpc) is 3.35. The SMILES string of the molecule is C.CCc1cc(N(C)CCN(C)C)c([N+](=O)[O-])cc1Nc1ncc(C(=O)OC(C)C)c(-c2c[nH]c3ccccc23)n1. The van der Waals surface area contributed by atoms with E-state index in [0.29, 0.717) is 30.0 Å². The van der Waals surface area contributed by atoms with Gasteiger partial charge in [0.05, 0.1) is 22.4 Å². The highest BCUT2D eigenvalue weighted by Gasteiger charge is 2.24. The maximum atomic E-state index is 13.0. The number of anilines is 3. The number of rotatable bonds is 11. The fourth-order valence-corrected chi connectivity index (χ4v) is 4.41. The van der Waals surface area contributed by atoms with Crippen molar-refractivity contribution in [3.63, 3.8) is 0 Å². The number of nitrogens with zero attached hydrogens (tertiary/aromatic N) is 5. The predicted octanol–water partition coefficient (Wildman–Crippen LogP) is 6.04. The lowest BCUT2D eigenvalue weighted by Crippen LogP contribution is -2.29. The Hall–Kier alpha value is -4.51. The molecule has 2 N–H and O–H groups in total. The zero-order valence-electron chi connectivity index (χ0n) is 23.7. The first-order valence-corrected chi connectivity index (χ1v) is 13.2. The van der Waals surface area contributed by atoms with Gasteiger partial charge in [-0.15, -0.1) is 0 Å². The first-order chi connectivity index (χ1) is 19.1. The second-order valence-electron chi connectivity index (χ2n) is 10.1. The van der Waals surface area contributed by atoms with Crippen LogP contribution in [0.25, 0.3) is 22.2 Å². The van der Waals surface area contributed by atoms with Gasteiger partial charge in [-0.25, -0.2) is 14.8 Å². The number of hydrogen-bond donors (Lipinski definition) is 2. The van der Waals surface area contributed by atoms with Gasteiger partial charge in [0.1, 0.15) is 11.3 Å². The van der Waals surface area contributed by atoms with Crippen LogP contribution in [0.1, 0.15) is 44.1 Å². The number of likely N-dealkylation sites (N-methyl/N-ethyl adjacent to an activating group) is 2. The fraction of sp³-hybridized carbons (Fsp3) is 0.367. The van der Waals surface area contributed by atoms with Crippen LogP contribution in [-0.2, 0) is 11.2 Å². The number of para-hydroxylation sites is 1. The van der Waals surface area contributed by atoms with Gasteiger partial charge < -0.3 is 24.8 Å². The molecule has 0 bridgehead atoms. The molecule has 0 aliphatic carbocycles. The van der Waals surface area contributed by atoms with Gasteiger partial charge in [-0.1, -0.05) is 32.5 Å². The van der Waals surface area contributed by atoms with E-state index in [9.17, 15) is 14.9 Å². The van der Waals surface area contributed by atoms with Gasteiger partial charge in [0, 0.05) is 55.1 Å². The average molecular weight is 562 g/mol. The molecule has 41 heavy (non-hydrogen) atoms. The molecule has 0 radical (unpaired) electrons. The lowest BCUT2D eigenvalue weighted by molar-refractivity contribution is -0.384. The number of H-pyrrole nitrogens is 1. The number of hydrogen-bond acceptors (Lipinski definition) is 9. The number of nitro groups is 1. The van der Waals surface area contributed by atoms with Crippen LogP contribution in [0.4, 0.5) is 23.0 Å². The maximum absolute atomic E-state index is 13.0. The summed E-state index contributed by atoms with van der Waals surface area (Å²) in [7, 11) is 5.78. The largest absolute Gasteiger partial charge is 0.459 e. The highest BCUT2D eigenvalue weighted by molar-refractivity contribution is 6.02. The summed E-state index contributed by atoms with van der Waals surface area (Å²) in [4.78, 5) is 40.9. The van der Waals surface area contributed by atoms with E-state index in [4.69, 9.17) is 9.72 Å². The summed E-state index contributed by atoms with van der Waals surface area (Å²) >= 11 is 0. The number of carbonyl (C=O) groups excluding carboxylic acids is 1. The van der Waals surface area contributed by atoms with Crippen molar-refractivity contribution in [2.24, 2.45) is 0 Å². The maximum Gasteiger partial charge on any atom is 0.342 e. The third kappa shape index (κ3) is 6.98. The van der Waals surface area contributed by atoms with Crippen molar-refractivity contribution < 1.29 is 14.5 Å². The Kier molecular flexibility index (Phi) is 10.0. The van der Waals surface area contributed by atoms with Crippen LogP contribution in [0.15, 0.2) is 48.8 Å². The highest BCUT2D eigenvalue weighted by Crippen LogP contribution is 2.36. The zero-order chi connectivity index (χ0) is 29.0. The second kappa shape index (κ2) is 13.2. The number of nitrogens with one attached hydrogen (secondary N) is 2. The number of aryl methyl sites for hydroxylation is 1. The van der Waals surface area contributed by atoms with Crippen molar-refractivity contribution in [2.45, 2.75) is 40.7 Å². The van der Waals surface area contributed by atoms with Gasteiger partial charge in [0.15, 0.2) is 0 Å². The summed E-state index contributed by atoms with van der Waals surface area (Å²) < 4.78 is 5.46. The van der Waals surface area contributed by atoms with E-state index in [2.05, 4.69) is 15.3 Å². The monoisotopic (exact) mass is 561 g/mol. The topological polar surface area (TPSA) is 130 Å². The molecule has 0 atom stereocenters. The number of esters is 1. The van der Waals surface area contributed by atoms with Crippen LogP contribution >= 0.6 is 0 Å². The highest BCUT2D eigenvalue weighted by atomic mass is 16.6. The number of carbonyl (C=O) groups is 1. The molecule has 11 heteroatoms. The number of nitro benzene ring substituents is 1. The van der Waals surface area contributed by atoms with Gasteiger partial charge in [0.2, 0.25) is 5.95 Å². The third-order valence-corrected chi connectivity index (χ3v) is 6.51. The van der Waals surface area contributed by atoms with Gasteiger partial charge >= 0.3 is 5.97 Å². The normalized spacial score (nSPS) is 11.0. The molecule has 0 fully saturated rings. The van der Waals surface area contributed by atoms with Gasteiger partial charge in [-0.05, 0) is 52.1 Å². The quantitative estimate of drug-likeness (QED) is 0.128. The lowest BCUT2D eigenvalue weighted by Gasteiger charge is -2.23. The van der Waals surface area contributed by atoms with Crippen LogP contribution in [0.3, 0.4) is 0 Å². The molecule has 218 valence electrons. The molecule has 4 aromatic rings. The smallest absolute Gasteiger partial charge is 0.342 e. The minimum atomic E-state index is -0.531. The van der Waals surface area contributed by atoms with Crippen molar-refractivity contribution >= 4 is 39.9 Å². The van der Waals surface area contributed by atoms with E-state index >= 15 is 0 Å². The Morgan fingerprint density at radius 3 is 2.56 bits per heavy atom. The van der Waals surface area contributed by atoms with Crippen LogP contribution in [0, 0.1) is 10.1 Å². The molecule has 0 aliphatic heterocycles. The number of ether oxygens (including phenoxy) is 1. The molecule has 0 amide bonds. The molecule has 2 aromatic heterocycles. The van der Waals surface area contributed by atoms with Gasteiger partial charge in [-0.3, -0.25) is 10.1 Å². The Bertz CT molecular complexity index is 1530. The molecular weight excluding hydrogens is 522 g/mol. The summed E-state index contributed by atoms with van der Waals surface area (Å²) in [6, 6.07) is 11.1. The van der Waals surface area contributed by atoms with Gasteiger partial charge in [-0.2, -0.15) is 0 Å². The van der Waals surface area contributed by atoms with Gasteiger partial charge in [0.25, 0.3) is 5.69 Å². The van der Waals surface area contributed by atoms with Crippen molar-refractivity contribution in [1.82, 2.24) is 19.9 Å². The van der Waals surface area contributed by atoms with E-state index in [0.717, 1.165) is 28.6 Å². The number of benzene rings is 2. The van der Waals surface area contributed by atoms with E-state index in [1.54, 1.807) is 20.0 Å². The van der Waals surface area contributed by atoms with Crippen LogP contribution in [0.2, 0.25) is 0 Å². The molecule has 0 saturated heterocycles. The second-order valence-corrected chi connectivity index (χ2v) is 10.1. The number of fused-ring (bicyclic) bond motifs is 1. The van der Waals surface area contributed by atoms with E-state index in [-0.39, 0.29) is 35.7 Å². The summed E-state index contributed by atoms with van der Waals surface area (Å²) in [5, 5.41) is 16.1. The first-order valence-electron chi connectivity index (χ1n) is 13.2. The molecule has 11 nitrogen and oxygen atoms in total. The van der Waals surface area contributed by atoms with E-state index in [1.165, 1.54) is 12.3 Å². The minimum Gasteiger partial charge on any atom is -0.459 e. The number of aromatic amines is 1. The molecule has 2 heterocycles. The van der Waals surface area contributed by atoms with Crippen LogP contribution in [0.5, 0.6) is 0 Å². The van der Waals surface area contributed by atoms with Crippen molar-refractivity contribution in [3.05, 3.63) is 70.0 Å². The zero-order valence-corrected chi connectivity index (χ0v) is 23.7. The van der Waals surface area contributed by atoms with Crippen molar-refractivity contribution in [1.29, 1.82) is 0 Å². The fourth-order valence-electron chi connectivity index (χ4n) is 4.41. The van der Waals surface area contributed by atoms with Crippen LogP contribution in [-0.4, -0.2) is 71.1 Å². The molecule has 0 saturated carbocycles. The number of aromatic nitrogens is 3. The Balaban J connectivity index is 0.00000462. The van der Waals surface area contributed by atoms with Crippen molar-refractivity contribution in [3.8, 4) is 11.3 Å². The molecule has 0 unspecified atom stereocenters. The van der Waals surface area contributed by atoms with Crippen molar-refractivity contribution in [2.75, 3.05) is 44.4 Å². The summed E-state index contributed by atoms with van der Waals surface area (Å²) in [6.07, 6.45) is 3.54. The summed E-state index contributed by atoms with van der Waals surface area (Å²) in [5.74, 6) is -0.323. The third-order valence-electron chi connectivity index (χ3n) is 6.51. The summed E-state index contributed by atoms with van der Waals surface area (Å²) in [6.45, 7) is 6.93. The molecular formula is C30H39N7O4.